The lowest BCUT2D eigenvalue weighted by Crippen LogP contribution is -2.24. The van der Waals surface area contributed by atoms with Crippen LogP contribution in [-0.2, 0) is 11.3 Å². The van der Waals surface area contributed by atoms with Gasteiger partial charge in [0.25, 0.3) is 5.89 Å². The third kappa shape index (κ3) is 4.44. The highest BCUT2D eigenvalue weighted by Crippen LogP contribution is 2.38. The number of ether oxygens (including phenoxy) is 1. The van der Waals surface area contributed by atoms with Gasteiger partial charge in [-0.1, -0.05) is 19.0 Å². The van der Waals surface area contributed by atoms with E-state index in [1.54, 1.807) is 0 Å². The molecule has 0 unspecified atom stereocenters. The number of hydrogen-bond acceptors (Lipinski definition) is 5. The smallest absolute Gasteiger partial charge is 0.252 e. The molecule has 1 aliphatic rings. The SMILES string of the molecule is CC(C)NCCCOCc1nc(C2CC2)no1. The first-order valence-corrected chi connectivity index (χ1v) is 6.39. The lowest BCUT2D eigenvalue weighted by Gasteiger charge is -2.07. The Labute approximate surface area is 102 Å². The highest BCUT2D eigenvalue weighted by atomic mass is 16.5. The average Bonchev–Trinajstić information content (AvgIpc) is 3.04. The molecule has 1 aliphatic carbocycles. The molecule has 1 saturated carbocycles. The zero-order valence-electron chi connectivity index (χ0n) is 10.6. The maximum absolute atomic E-state index is 5.48. The van der Waals surface area contributed by atoms with E-state index in [0.29, 0.717) is 24.5 Å². The highest BCUT2D eigenvalue weighted by Gasteiger charge is 2.28. The minimum atomic E-state index is 0.432. The minimum Gasteiger partial charge on any atom is -0.372 e. The van der Waals surface area contributed by atoms with Gasteiger partial charge in [0.1, 0.15) is 6.61 Å². The summed E-state index contributed by atoms with van der Waals surface area (Å²) >= 11 is 0. The molecule has 5 heteroatoms. The van der Waals surface area contributed by atoms with Crippen LogP contribution in [-0.4, -0.2) is 29.3 Å². The summed E-state index contributed by atoms with van der Waals surface area (Å²) in [5.74, 6) is 2.00. The molecule has 96 valence electrons. The summed E-state index contributed by atoms with van der Waals surface area (Å²) < 4.78 is 10.6. The zero-order chi connectivity index (χ0) is 12.1. The van der Waals surface area contributed by atoms with Gasteiger partial charge in [0, 0.05) is 18.6 Å². The molecule has 0 radical (unpaired) electrons. The van der Waals surface area contributed by atoms with Crippen molar-refractivity contribution in [2.45, 2.75) is 51.7 Å². The summed E-state index contributed by atoms with van der Waals surface area (Å²) in [4.78, 5) is 4.30. The monoisotopic (exact) mass is 239 g/mol. The van der Waals surface area contributed by atoms with Gasteiger partial charge in [-0.05, 0) is 25.8 Å². The second kappa shape index (κ2) is 6.12. The Hall–Kier alpha value is -0.940. The van der Waals surface area contributed by atoms with Crippen molar-refractivity contribution < 1.29 is 9.26 Å². The van der Waals surface area contributed by atoms with Gasteiger partial charge < -0.3 is 14.6 Å². The van der Waals surface area contributed by atoms with E-state index in [4.69, 9.17) is 9.26 Å². The van der Waals surface area contributed by atoms with Gasteiger partial charge in [-0.25, -0.2) is 0 Å². The molecule has 1 fully saturated rings. The van der Waals surface area contributed by atoms with Crippen LogP contribution >= 0.6 is 0 Å². The fourth-order valence-electron chi connectivity index (χ4n) is 1.56. The predicted molar refractivity (Wildman–Crippen MR) is 63.7 cm³/mol. The van der Waals surface area contributed by atoms with E-state index in [-0.39, 0.29) is 0 Å². The third-order valence-electron chi connectivity index (χ3n) is 2.67. The molecule has 1 N–H and O–H groups in total. The van der Waals surface area contributed by atoms with Gasteiger partial charge in [-0.3, -0.25) is 0 Å². The molecule has 5 nitrogen and oxygen atoms in total. The molecule has 0 aromatic carbocycles. The fourth-order valence-corrected chi connectivity index (χ4v) is 1.56. The van der Waals surface area contributed by atoms with Gasteiger partial charge in [0.05, 0.1) is 0 Å². The van der Waals surface area contributed by atoms with Crippen molar-refractivity contribution in [3.63, 3.8) is 0 Å². The van der Waals surface area contributed by atoms with E-state index in [2.05, 4.69) is 29.3 Å². The molecule has 0 spiro atoms. The van der Waals surface area contributed by atoms with Crippen LogP contribution in [0.15, 0.2) is 4.52 Å². The second-order valence-corrected chi connectivity index (χ2v) is 4.84. The lowest BCUT2D eigenvalue weighted by atomic mass is 10.3. The molecule has 0 saturated heterocycles. The first-order valence-electron chi connectivity index (χ1n) is 6.39. The number of hydrogen-bond donors (Lipinski definition) is 1. The summed E-state index contributed by atoms with van der Waals surface area (Å²) in [6.45, 7) is 6.41. The van der Waals surface area contributed by atoms with E-state index in [9.17, 15) is 0 Å². The van der Waals surface area contributed by atoms with Crippen molar-refractivity contribution in [1.82, 2.24) is 15.5 Å². The Morgan fingerprint density at radius 1 is 1.47 bits per heavy atom. The van der Waals surface area contributed by atoms with Crippen molar-refractivity contribution >= 4 is 0 Å². The number of nitrogens with one attached hydrogen (secondary N) is 1. The van der Waals surface area contributed by atoms with Gasteiger partial charge >= 0.3 is 0 Å². The van der Waals surface area contributed by atoms with Gasteiger partial charge in [0.2, 0.25) is 0 Å². The molecule has 1 aromatic heterocycles. The average molecular weight is 239 g/mol. The van der Waals surface area contributed by atoms with Crippen LogP contribution in [0.5, 0.6) is 0 Å². The number of rotatable bonds is 8. The van der Waals surface area contributed by atoms with Crippen molar-refractivity contribution in [2.24, 2.45) is 0 Å². The fraction of sp³-hybridized carbons (Fsp3) is 0.833. The molecule has 2 rings (SSSR count). The summed E-state index contributed by atoms with van der Waals surface area (Å²) in [5.41, 5.74) is 0. The van der Waals surface area contributed by atoms with E-state index < -0.39 is 0 Å². The molecule has 0 amide bonds. The largest absolute Gasteiger partial charge is 0.372 e. The maximum atomic E-state index is 5.48. The number of aromatic nitrogens is 2. The molecule has 0 atom stereocenters. The summed E-state index contributed by atoms with van der Waals surface area (Å²) in [6.07, 6.45) is 3.39. The van der Waals surface area contributed by atoms with Gasteiger partial charge in [-0.15, -0.1) is 0 Å². The third-order valence-corrected chi connectivity index (χ3v) is 2.67. The van der Waals surface area contributed by atoms with Gasteiger partial charge in [0.15, 0.2) is 5.82 Å². The first-order chi connectivity index (χ1) is 8.25. The van der Waals surface area contributed by atoms with E-state index in [0.717, 1.165) is 25.4 Å². The van der Waals surface area contributed by atoms with Gasteiger partial charge in [-0.2, -0.15) is 4.98 Å². The van der Waals surface area contributed by atoms with Crippen LogP contribution in [0.2, 0.25) is 0 Å². The van der Waals surface area contributed by atoms with Crippen molar-refractivity contribution in [2.75, 3.05) is 13.2 Å². The normalized spacial score (nSPS) is 15.7. The molecule has 1 heterocycles. The number of nitrogens with zero attached hydrogens (tertiary/aromatic N) is 2. The van der Waals surface area contributed by atoms with E-state index >= 15 is 0 Å². The van der Waals surface area contributed by atoms with E-state index in [1.807, 2.05) is 0 Å². The minimum absolute atomic E-state index is 0.432. The standard InChI is InChI=1S/C12H21N3O2/c1-9(2)13-6-3-7-16-8-11-14-12(15-17-11)10-4-5-10/h9-10,13H,3-8H2,1-2H3. The molecule has 17 heavy (non-hydrogen) atoms. The van der Waals surface area contributed by atoms with Crippen molar-refractivity contribution in [3.05, 3.63) is 11.7 Å². The Morgan fingerprint density at radius 3 is 3.00 bits per heavy atom. The zero-order valence-corrected chi connectivity index (χ0v) is 10.6. The lowest BCUT2D eigenvalue weighted by molar-refractivity contribution is 0.0954. The Bertz CT molecular complexity index is 334. The Kier molecular flexibility index (Phi) is 4.50. The highest BCUT2D eigenvalue weighted by molar-refractivity contribution is 5.02. The summed E-state index contributed by atoms with van der Waals surface area (Å²) in [5, 5.41) is 7.28. The Morgan fingerprint density at radius 2 is 2.29 bits per heavy atom. The van der Waals surface area contributed by atoms with Crippen molar-refractivity contribution in [1.29, 1.82) is 0 Å². The van der Waals surface area contributed by atoms with Crippen molar-refractivity contribution in [3.8, 4) is 0 Å². The molecular formula is C12H21N3O2. The maximum Gasteiger partial charge on any atom is 0.252 e. The summed E-state index contributed by atoms with van der Waals surface area (Å²) in [7, 11) is 0. The van der Waals surface area contributed by atoms with Crippen LogP contribution in [0.1, 0.15) is 50.7 Å². The van der Waals surface area contributed by atoms with E-state index in [1.165, 1.54) is 12.8 Å². The van der Waals surface area contributed by atoms with Crippen LogP contribution < -0.4 is 5.32 Å². The Balaban J connectivity index is 1.55. The predicted octanol–water partition coefficient (Wildman–Crippen LogP) is 1.85. The van der Waals surface area contributed by atoms with Crippen LogP contribution in [0.3, 0.4) is 0 Å². The van der Waals surface area contributed by atoms with Crippen LogP contribution in [0, 0.1) is 0 Å². The molecule has 0 bridgehead atoms. The topological polar surface area (TPSA) is 60.2 Å². The molecular weight excluding hydrogens is 218 g/mol. The molecule has 1 aromatic rings. The second-order valence-electron chi connectivity index (χ2n) is 4.84. The van der Waals surface area contributed by atoms with Crippen LogP contribution in [0.4, 0.5) is 0 Å². The quantitative estimate of drug-likeness (QED) is 0.701. The molecule has 0 aliphatic heterocycles. The van der Waals surface area contributed by atoms with Crippen LogP contribution in [0.25, 0.3) is 0 Å². The summed E-state index contributed by atoms with van der Waals surface area (Å²) in [6, 6.07) is 0.534. The first kappa shape index (κ1) is 12.5.